The lowest BCUT2D eigenvalue weighted by Crippen LogP contribution is -2.23. The van der Waals surface area contributed by atoms with Gasteiger partial charge in [-0.25, -0.2) is 0 Å². The fourth-order valence-electron chi connectivity index (χ4n) is 1.97. The number of pyridine rings is 1. The van der Waals surface area contributed by atoms with Gasteiger partial charge in [0.2, 0.25) is 0 Å². The second-order valence-corrected chi connectivity index (χ2v) is 5.25. The first-order chi connectivity index (χ1) is 11.2. The molecule has 0 saturated carbocycles. The first-order valence-corrected chi connectivity index (χ1v) is 7.72. The lowest BCUT2D eigenvalue weighted by Gasteiger charge is -2.13. The first-order valence-electron chi connectivity index (χ1n) is 7.34. The van der Waals surface area contributed by atoms with Crippen molar-refractivity contribution in [2.45, 2.75) is 19.9 Å². The maximum absolute atomic E-state index is 12.3. The Morgan fingerprint density at radius 3 is 2.83 bits per heavy atom. The molecule has 0 spiro atoms. The number of halogens is 1. The van der Waals surface area contributed by atoms with Gasteiger partial charge < -0.3 is 14.8 Å². The molecule has 1 amide bonds. The molecule has 0 bridgehead atoms. The highest BCUT2D eigenvalue weighted by Gasteiger charge is 2.15. The Balaban J connectivity index is 2.12. The van der Waals surface area contributed by atoms with Gasteiger partial charge in [0.15, 0.2) is 11.5 Å². The molecule has 122 valence electrons. The number of ether oxygens (including phenoxy) is 2. The molecule has 0 aliphatic rings. The summed E-state index contributed by atoms with van der Waals surface area (Å²) >= 11 is 6.21. The van der Waals surface area contributed by atoms with Crippen molar-refractivity contribution in [2.24, 2.45) is 0 Å². The Labute approximate surface area is 140 Å². The van der Waals surface area contributed by atoms with Crippen LogP contribution in [0.3, 0.4) is 0 Å². The summed E-state index contributed by atoms with van der Waals surface area (Å²) < 4.78 is 10.8. The van der Waals surface area contributed by atoms with Crippen molar-refractivity contribution in [2.75, 3.05) is 13.7 Å². The monoisotopic (exact) mass is 334 g/mol. The summed E-state index contributed by atoms with van der Waals surface area (Å²) in [7, 11) is 1.51. The van der Waals surface area contributed by atoms with E-state index in [2.05, 4.69) is 10.3 Å². The third-order valence-electron chi connectivity index (χ3n) is 3.10. The van der Waals surface area contributed by atoms with Gasteiger partial charge in [0.25, 0.3) is 5.91 Å². The van der Waals surface area contributed by atoms with Crippen molar-refractivity contribution in [3.8, 4) is 11.5 Å². The normalized spacial score (nSPS) is 10.2. The van der Waals surface area contributed by atoms with Crippen molar-refractivity contribution in [1.29, 1.82) is 0 Å². The summed E-state index contributed by atoms with van der Waals surface area (Å²) in [6.07, 6.45) is 2.53. The Kier molecular flexibility index (Phi) is 6.23. The standard InChI is InChI=1S/C17H19ClN2O3/c1-3-8-23-16-14(18)9-12(10-15(16)22-2)17(21)20-11-13-6-4-5-7-19-13/h4-7,9-10H,3,8,11H2,1-2H3,(H,20,21). The number of methoxy groups -OCH3 is 1. The molecule has 1 aromatic heterocycles. The molecular weight excluding hydrogens is 316 g/mol. The number of hydrogen-bond donors (Lipinski definition) is 1. The largest absolute Gasteiger partial charge is 0.493 e. The lowest BCUT2D eigenvalue weighted by atomic mass is 10.2. The predicted molar refractivity (Wildman–Crippen MR) is 89.2 cm³/mol. The second-order valence-electron chi connectivity index (χ2n) is 4.84. The van der Waals surface area contributed by atoms with Crippen LogP contribution in [-0.2, 0) is 6.54 Å². The van der Waals surface area contributed by atoms with Crippen LogP contribution >= 0.6 is 11.6 Å². The van der Waals surface area contributed by atoms with E-state index in [0.717, 1.165) is 12.1 Å². The van der Waals surface area contributed by atoms with E-state index in [1.54, 1.807) is 18.3 Å². The van der Waals surface area contributed by atoms with Gasteiger partial charge in [-0.3, -0.25) is 9.78 Å². The highest BCUT2D eigenvalue weighted by atomic mass is 35.5. The minimum Gasteiger partial charge on any atom is -0.493 e. The van der Waals surface area contributed by atoms with Gasteiger partial charge in [0.05, 0.1) is 31.0 Å². The quantitative estimate of drug-likeness (QED) is 0.842. The van der Waals surface area contributed by atoms with Gasteiger partial charge in [-0.1, -0.05) is 24.6 Å². The zero-order valence-electron chi connectivity index (χ0n) is 13.1. The Bertz CT molecular complexity index is 662. The molecule has 0 atom stereocenters. The number of aromatic nitrogens is 1. The SMILES string of the molecule is CCCOc1c(Cl)cc(C(=O)NCc2ccccn2)cc1OC. The Morgan fingerprint density at radius 1 is 1.35 bits per heavy atom. The van der Waals surface area contributed by atoms with Crippen LogP contribution in [0.25, 0.3) is 0 Å². The van der Waals surface area contributed by atoms with Crippen LogP contribution in [0.1, 0.15) is 29.4 Å². The summed E-state index contributed by atoms with van der Waals surface area (Å²) in [6.45, 7) is 2.87. The zero-order valence-corrected chi connectivity index (χ0v) is 13.9. The van der Waals surface area contributed by atoms with Gasteiger partial charge in [0, 0.05) is 11.8 Å². The number of carbonyl (C=O) groups is 1. The maximum Gasteiger partial charge on any atom is 0.251 e. The molecule has 2 aromatic rings. The lowest BCUT2D eigenvalue weighted by molar-refractivity contribution is 0.0950. The number of nitrogens with zero attached hydrogens (tertiary/aromatic N) is 1. The molecule has 23 heavy (non-hydrogen) atoms. The number of nitrogens with one attached hydrogen (secondary N) is 1. The number of hydrogen-bond acceptors (Lipinski definition) is 4. The van der Waals surface area contributed by atoms with Crippen LogP contribution in [0, 0.1) is 0 Å². The van der Waals surface area contributed by atoms with E-state index < -0.39 is 0 Å². The molecule has 5 nitrogen and oxygen atoms in total. The molecule has 1 N–H and O–H groups in total. The van der Waals surface area contributed by atoms with Crippen molar-refractivity contribution in [1.82, 2.24) is 10.3 Å². The Hall–Kier alpha value is -2.27. The van der Waals surface area contributed by atoms with E-state index in [4.69, 9.17) is 21.1 Å². The van der Waals surface area contributed by atoms with Gasteiger partial charge in [-0.05, 0) is 30.7 Å². The number of carbonyl (C=O) groups excluding carboxylic acids is 1. The van der Waals surface area contributed by atoms with Crippen molar-refractivity contribution in [3.05, 3.63) is 52.8 Å². The molecule has 0 fully saturated rings. The molecule has 1 heterocycles. The van der Waals surface area contributed by atoms with E-state index in [0.29, 0.717) is 35.2 Å². The second kappa shape index (κ2) is 8.39. The molecule has 0 radical (unpaired) electrons. The molecule has 6 heteroatoms. The molecule has 2 rings (SSSR count). The summed E-state index contributed by atoms with van der Waals surface area (Å²) in [6, 6.07) is 8.72. The van der Waals surface area contributed by atoms with Crippen molar-refractivity contribution in [3.63, 3.8) is 0 Å². The highest BCUT2D eigenvalue weighted by Crippen LogP contribution is 2.36. The van der Waals surface area contributed by atoms with Crippen LogP contribution in [0.15, 0.2) is 36.5 Å². The molecule has 1 aromatic carbocycles. The average Bonchev–Trinajstić information content (AvgIpc) is 2.58. The third-order valence-corrected chi connectivity index (χ3v) is 3.38. The number of amides is 1. The number of benzene rings is 1. The summed E-state index contributed by atoms with van der Waals surface area (Å²) in [5, 5.41) is 3.15. The van der Waals surface area contributed by atoms with E-state index in [1.165, 1.54) is 7.11 Å². The van der Waals surface area contributed by atoms with E-state index in [-0.39, 0.29) is 5.91 Å². The average molecular weight is 335 g/mol. The molecule has 0 aliphatic heterocycles. The molecule has 0 aliphatic carbocycles. The van der Waals surface area contributed by atoms with Crippen LogP contribution in [-0.4, -0.2) is 24.6 Å². The highest BCUT2D eigenvalue weighted by molar-refractivity contribution is 6.32. The van der Waals surface area contributed by atoms with E-state index >= 15 is 0 Å². The van der Waals surface area contributed by atoms with Gasteiger partial charge in [0.1, 0.15) is 0 Å². The summed E-state index contributed by atoms with van der Waals surface area (Å²) in [5.74, 6) is 0.643. The summed E-state index contributed by atoms with van der Waals surface area (Å²) in [4.78, 5) is 16.4. The third kappa shape index (κ3) is 4.60. The van der Waals surface area contributed by atoms with Crippen molar-refractivity contribution >= 4 is 17.5 Å². The van der Waals surface area contributed by atoms with Crippen LogP contribution in [0.2, 0.25) is 5.02 Å². The fraction of sp³-hybridized carbons (Fsp3) is 0.294. The van der Waals surface area contributed by atoms with Gasteiger partial charge in [-0.2, -0.15) is 0 Å². The zero-order chi connectivity index (χ0) is 16.7. The van der Waals surface area contributed by atoms with Crippen LogP contribution < -0.4 is 14.8 Å². The van der Waals surface area contributed by atoms with Crippen molar-refractivity contribution < 1.29 is 14.3 Å². The molecule has 0 unspecified atom stereocenters. The van der Waals surface area contributed by atoms with Crippen LogP contribution in [0.4, 0.5) is 0 Å². The van der Waals surface area contributed by atoms with Gasteiger partial charge in [-0.15, -0.1) is 0 Å². The first kappa shape index (κ1) is 17.1. The van der Waals surface area contributed by atoms with Crippen LogP contribution in [0.5, 0.6) is 11.5 Å². The molecular formula is C17H19ClN2O3. The minimum absolute atomic E-state index is 0.252. The predicted octanol–water partition coefficient (Wildman–Crippen LogP) is 3.46. The molecule has 0 saturated heterocycles. The topological polar surface area (TPSA) is 60.5 Å². The fourth-order valence-corrected chi connectivity index (χ4v) is 2.24. The minimum atomic E-state index is -0.252. The maximum atomic E-state index is 12.3. The van der Waals surface area contributed by atoms with E-state index in [9.17, 15) is 4.79 Å². The smallest absolute Gasteiger partial charge is 0.251 e. The van der Waals surface area contributed by atoms with E-state index in [1.807, 2.05) is 25.1 Å². The Morgan fingerprint density at radius 2 is 2.17 bits per heavy atom. The summed E-state index contributed by atoms with van der Waals surface area (Å²) in [5.41, 5.74) is 1.19. The number of rotatable bonds is 7. The van der Waals surface area contributed by atoms with Gasteiger partial charge >= 0.3 is 0 Å².